The monoisotopic (exact) mass is 360 g/mol. The van der Waals surface area contributed by atoms with Gasteiger partial charge in [-0.3, -0.25) is 0 Å². The molecule has 0 radical (unpaired) electrons. The van der Waals surface area contributed by atoms with Crippen molar-refractivity contribution in [3.05, 3.63) is 30.6 Å². The fourth-order valence-corrected chi connectivity index (χ4v) is 2.25. The van der Waals surface area contributed by atoms with E-state index in [-0.39, 0.29) is 24.0 Å². The average molecular weight is 360 g/mol. The number of hydrogen-bond acceptors (Lipinski definition) is 1. The third-order valence-electron chi connectivity index (χ3n) is 3.22. The van der Waals surface area contributed by atoms with E-state index < -0.39 is 6.23 Å². The average Bonchev–Trinajstić information content (AvgIpc) is 2.68. The van der Waals surface area contributed by atoms with Gasteiger partial charge < -0.3 is 29.1 Å². The molecule has 0 saturated carbocycles. The normalized spacial score (nSPS) is 12.4. The molecule has 1 unspecified atom stereocenters. The van der Waals surface area contributed by atoms with Crippen LogP contribution in [0.2, 0.25) is 0 Å². The number of fused-ring (bicyclic) bond motifs is 1. The minimum Gasteiger partial charge on any atom is -1.00 e. The lowest BCUT2D eigenvalue weighted by Gasteiger charge is -2.06. The zero-order valence-electron chi connectivity index (χ0n) is 11.0. The molecule has 0 bridgehead atoms. The fourth-order valence-electron chi connectivity index (χ4n) is 2.25. The molecule has 1 heterocycles. The number of imidazole rings is 1. The van der Waals surface area contributed by atoms with E-state index in [0.29, 0.717) is 0 Å². The van der Waals surface area contributed by atoms with Crippen LogP contribution in [-0.4, -0.2) is 9.67 Å². The van der Waals surface area contributed by atoms with Gasteiger partial charge in [0.05, 0.1) is 7.05 Å². The van der Waals surface area contributed by atoms with Gasteiger partial charge in [0.15, 0.2) is 17.3 Å². The summed E-state index contributed by atoms with van der Waals surface area (Å²) in [7, 11) is 2.01. The molecule has 3 nitrogen and oxygen atoms in total. The van der Waals surface area contributed by atoms with Crippen LogP contribution < -0.4 is 28.5 Å². The Morgan fingerprint density at radius 1 is 1.28 bits per heavy atom. The van der Waals surface area contributed by atoms with Crippen LogP contribution in [-0.2, 0) is 7.05 Å². The predicted molar refractivity (Wildman–Crippen MR) is 68.5 cm³/mol. The standard InChI is InChI=1S/C14H21N2O.HI/c1-3-4-5-10-14(17)16-11-15(2)12-8-6-7-9-13(12)16;/h6-9,11,14,17H,3-5,10H2,1-2H3;1H/q+1;/p-1. The molecular formula is C14H21IN2O. The number of aromatic nitrogens is 2. The highest BCUT2D eigenvalue weighted by atomic mass is 127. The van der Waals surface area contributed by atoms with Crippen LogP contribution >= 0.6 is 0 Å². The van der Waals surface area contributed by atoms with Crippen molar-refractivity contribution in [2.75, 3.05) is 0 Å². The van der Waals surface area contributed by atoms with Crippen LogP contribution in [0, 0.1) is 0 Å². The van der Waals surface area contributed by atoms with E-state index in [4.69, 9.17) is 0 Å². The van der Waals surface area contributed by atoms with E-state index >= 15 is 0 Å². The summed E-state index contributed by atoms with van der Waals surface area (Å²) in [5, 5.41) is 10.2. The summed E-state index contributed by atoms with van der Waals surface area (Å²) in [5.74, 6) is 0. The maximum atomic E-state index is 10.2. The number of aliphatic hydroxyl groups is 1. The lowest BCUT2D eigenvalue weighted by atomic mass is 10.2. The minimum absolute atomic E-state index is 0. The summed E-state index contributed by atoms with van der Waals surface area (Å²) < 4.78 is 4.02. The Kier molecular flexibility index (Phi) is 6.08. The molecule has 4 heteroatoms. The number of aliphatic hydroxyl groups excluding tert-OH is 1. The molecule has 1 aromatic heterocycles. The smallest absolute Gasteiger partial charge is 0.246 e. The maximum absolute atomic E-state index is 10.2. The van der Waals surface area contributed by atoms with E-state index in [0.717, 1.165) is 23.9 Å². The fraction of sp³-hybridized carbons (Fsp3) is 0.500. The summed E-state index contributed by atoms with van der Waals surface area (Å²) in [6.07, 6.45) is 5.84. The Morgan fingerprint density at radius 3 is 2.72 bits per heavy atom. The number of para-hydroxylation sites is 2. The molecule has 1 N–H and O–H groups in total. The molecule has 1 atom stereocenters. The number of benzene rings is 1. The highest BCUT2D eigenvalue weighted by Crippen LogP contribution is 2.18. The quantitative estimate of drug-likeness (QED) is 0.437. The second kappa shape index (κ2) is 7.09. The number of hydrogen-bond donors (Lipinski definition) is 1. The molecule has 100 valence electrons. The van der Waals surface area contributed by atoms with Gasteiger partial charge in [-0.2, -0.15) is 0 Å². The first-order valence-corrected chi connectivity index (χ1v) is 6.37. The molecule has 0 spiro atoms. The molecule has 0 aliphatic carbocycles. The first-order valence-electron chi connectivity index (χ1n) is 6.37. The Hall–Kier alpha value is -0.620. The Morgan fingerprint density at radius 2 is 2.00 bits per heavy atom. The van der Waals surface area contributed by atoms with Crippen molar-refractivity contribution >= 4 is 11.0 Å². The van der Waals surface area contributed by atoms with Crippen LogP contribution in [0.25, 0.3) is 11.0 Å². The highest BCUT2D eigenvalue weighted by Gasteiger charge is 2.18. The van der Waals surface area contributed by atoms with Gasteiger partial charge in [-0.05, 0) is 18.6 Å². The molecule has 0 amide bonds. The summed E-state index contributed by atoms with van der Waals surface area (Å²) in [4.78, 5) is 0. The Labute approximate surface area is 125 Å². The zero-order chi connectivity index (χ0) is 12.3. The molecule has 0 aliphatic rings. The van der Waals surface area contributed by atoms with E-state index in [9.17, 15) is 5.11 Å². The number of aryl methyl sites for hydroxylation is 1. The van der Waals surface area contributed by atoms with Crippen molar-refractivity contribution in [3.63, 3.8) is 0 Å². The summed E-state index contributed by atoms with van der Waals surface area (Å²) >= 11 is 0. The van der Waals surface area contributed by atoms with Crippen LogP contribution in [0.15, 0.2) is 30.6 Å². The number of halogens is 1. The van der Waals surface area contributed by atoms with Gasteiger partial charge in [0.2, 0.25) is 6.33 Å². The molecule has 2 aromatic rings. The second-order valence-electron chi connectivity index (χ2n) is 4.60. The molecular weight excluding hydrogens is 339 g/mol. The summed E-state index contributed by atoms with van der Waals surface area (Å²) in [6.45, 7) is 2.18. The first-order chi connectivity index (χ1) is 8.24. The lowest BCUT2D eigenvalue weighted by Crippen LogP contribution is -3.00. The second-order valence-corrected chi connectivity index (χ2v) is 4.60. The molecule has 2 rings (SSSR count). The van der Waals surface area contributed by atoms with E-state index in [1.54, 1.807) is 0 Å². The van der Waals surface area contributed by atoms with Gasteiger partial charge in [0.1, 0.15) is 0 Å². The van der Waals surface area contributed by atoms with Gasteiger partial charge in [0.25, 0.3) is 0 Å². The van der Waals surface area contributed by atoms with E-state index in [2.05, 4.69) is 23.6 Å². The van der Waals surface area contributed by atoms with Crippen LogP contribution in [0.1, 0.15) is 38.8 Å². The molecule has 1 aromatic carbocycles. The van der Waals surface area contributed by atoms with Crippen molar-refractivity contribution < 1.29 is 33.7 Å². The third kappa shape index (κ3) is 3.23. The summed E-state index contributed by atoms with van der Waals surface area (Å²) in [5.41, 5.74) is 2.25. The predicted octanol–water partition coefficient (Wildman–Crippen LogP) is -0.459. The van der Waals surface area contributed by atoms with Crippen molar-refractivity contribution in [2.24, 2.45) is 7.05 Å². The minimum atomic E-state index is -0.410. The lowest BCUT2D eigenvalue weighted by molar-refractivity contribution is -0.646. The first kappa shape index (κ1) is 15.4. The molecule has 0 saturated heterocycles. The van der Waals surface area contributed by atoms with E-state index in [1.807, 2.05) is 30.1 Å². The zero-order valence-corrected chi connectivity index (χ0v) is 13.2. The SMILES string of the molecule is CCCCCC(O)n1c[n+](C)c2ccccc21.[I-]. The van der Waals surface area contributed by atoms with Crippen molar-refractivity contribution in [1.29, 1.82) is 0 Å². The Bertz CT molecular complexity index is 495. The topological polar surface area (TPSA) is 29.0 Å². The Balaban J connectivity index is 0.00000162. The third-order valence-corrected chi connectivity index (χ3v) is 3.22. The van der Waals surface area contributed by atoms with Crippen molar-refractivity contribution in [1.82, 2.24) is 4.57 Å². The van der Waals surface area contributed by atoms with Crippen molar-refractivity contribution in [3.8, 4) is 0 Å². The molecule has 0 fully saturated rings. The van der Waals surface area contributed by atoms with Gasteiger partial charge in [-0.25, -0.2) is 9.13 Å². The maximum Gasteiger partial charge on any atom is 0.246 e. The summed E-state index contributed by atoms with van der Waals surface area (Å²) in [6, 6.07) is 8.16. The van der Waals surface area contributed by atoms with E-state index in [1.165, 1.54) is 12.8 Å². The number of nitrogens with zero attached hydrogens (tertiary/aromatic N) is 2. The molecule has 18 heavy (non-hydrogen) atoms. The largest absolute Gasteiger partial charge is 1.00 e. The highest BCUT2D eigenvalue weighted by molar-refractivity contribution is 5.71. The van der Waals surface area contributed by atoms with Crippen molar-refractivity contribution in [2.45, 2.75) is 38.8 Å². The van der Waals surface area contributed by atoms with Crippen LogP contribution in [0.5, 0.6) is 0 Å². The van der Waals surface area contributed by atoms with Crippen LogP contribution in [0.3, 0.4) is 0 Å². The van der Waals surface area contributed by atoms with Gasteiger partial charge >= 0.3 is 0 Å². The number of rotatable bonds is 5. The van der Waals surface area contributed by atoms with Gasteiger partial charge in [0, 0.05) is 6.42 Å². The van der Waals surface area contributed by atoms with Gasteiger partial charge in [-0.1, -0.05) is 31.9 Å². The van der Waals surface area contributed by atoms with Gasteiger partial charge in [-0.15, -0.1) is 0 Å². The number of unbranched alkanes of at least 4 members (excludes halogenated alkanes) is 2. The molecule has 0 aliphatic heterocycles. The van der Waals surface area contributed by atoms with Crippen LogP contribution in [0.4, 0.5) is 0 Å².